The van der Waals surface area contributed by atoms with Gasteiger partial charge in [0, 0.05) is 45.0 Å². The van der Waals surface area contributed by atoms with E-state index in [1.54, 1.807) is 43.9 Å². The molecule has 1 aliphatic carbocycles. The monoisotopic (exact) mass is 860 g/mol. The first-order valence-electron chi connectivity index (χ1n) is 22.6. The summed E-state index contributed by atoms with van der Waals surface area (Å²) in [5.74, 6) is -1.62. The lowest BCUT2D eigenvalue weighted by Crippen LogP contribution is -2.62. The number of hydrogen-bond donors (Lipinski definition) is 4. The van der Waals surface area contributed by atoms with Gasteiger partial charge >= 0.3 is 5.97 Å². The third kappa shape index (κ3) is 17.5. The molecule has 1 aromatic carbocycles. The Balaban J connectivity index is 1.75. The van der Waals surface area contributed by atoms with Crippen LogP contribution in [0.3, 0.4) is 0 Å². The number of hydrazine groups is 1. The van der Waals surface area contributed by atoms with E-state index < -0.39 is 48.1 Å². The summed E-state index contributed by atoms with van der Waals surface area (Å²) in [6, 6.07) is 6.87. The smallest absolute Gasteiger partial charge is 0.325 e. The molecule has 1 saturated carbocycles. The fourth-order valence-corrected chi connectivity index (χ4v) is 7.92. The molecule has 0 aromatic heterocycles. The number of hydrogen-bond acceptors (Lipinski definition) is 9. The Hall–Kier alpha value is -4.88. The summed E-state index contributed by atoms with van der Waals surface area (Å²) in [5.41, 5.74) is 4.63. The number of ketones is 1. The highest BCUT2D eigenvalue weighted by Gasteiger charge is 2.35. The average molecular weight is 860 g/mol. The lowest BCUT2D eigenvalue weighted by molar-refractivity contribution is -0.156. The SMILES string of the molecule is CC(=O)CCC(C)C(O)C(C)C/C=C/C=C/C[C@H](OC(=O)C1CCCN(C(=O)C(Cc2ccccc2)NC(=O)C(NC=O)C(C)C)N1)/C(C)=C/C=C/C(=O)N(C)C1CCCCC1. The topological polar surface area (TPSA) is 174 Å². The van der Waals surface area contributed by atoms with Crippen molar-refractivity contribution in [3.8, 4) is 0 Å². The van der Waals surface area contributed by atoms with E-state index in [0.29, 0.717) is 51.5 Å². The van der Waals surface area contributed by atoms with Gasteiger partial charge in [0.15, 0.2) is 0 Å². The van der Waals surface area contributed by atoms with Crippen LogP contribution in [0.2, 0.25) is 0 Å². The van der Waals surface area contributed by atoms with Gasteiger partial charge in [-0.05, 0) is 81.3 Å². The number of allylic oxidation sites excluding steroid dienone is 5. The number of aliphatic hydroxyl groups excluding tert-OH is 1. The van der Waals surface area contributed by atoms with Crippen LogP contribution in [0.1, 0.15) is 118 Å². The number of aliphatic hydroxyl groups is 1. The summed E-state index contributed by atoms with van der Waals surface area (Å²) in [7, 11) is 1.84. The molecule has 0 radical (unpaired) electrons. The van der Waals surface area contributed by atoms with E-state index in [0.717, 1.165) is 36.8 Å². The molecule has 342 valence electrons. The second-order valence-electron chi connectivity index (χ2n) is 17.5. The summed E-state index contributed by atoms with van der Waals surface area (Å²) in [5, 5.41) is 17.5. The number of carbonyl (C=O) groups is 6. The van der Waals surface area contributed by atoms with Gasteiger partial charge in [-0.15, -0.1) is 0 Å². The van der Waals surface area contributed by atoms with Crippen LogP contribution in [-0.4, -0.2) is 101 Å². The largest absolute Gasteiger partial charge is 0.456 e. The Bertz CT molecular complexity index is 1720. The van der Waals surface area contributed by atoms with Crippen LogP contribution in [0.5, 0.6) is 0 Å². The second-order valence-corrected chi connectivity index (χ2v) is 17.5. The van der Waals surface area contributed by atoms with Crippen LogP contribution < -0.4 is 16.1 Å². The number of amides is 4. The average Bonchev–Trinajstić information content (AvgIpc) is 3.27. The number of ether oxygens (including phenoxy) is 1. The van der Waals surface area contributed by atoms with Gasteiger partial charge in [0.25, 0.3) is 5.91 Å². The zero-order chi connectivity index (χ0) is 45.6. The first-order chi connectivity index (χ1) is 29.6. The van der Waals surface area contributed by atoms with Crippen molar-refractivity contribution in [1.82, 2.24) is 26.0 Å². The molecule has 1 saturated heterocycles. The van der Waals surface area contributed by atoms with Crippen molar-refractivity contribution in [3.05, 3.63) is 84.0 Å². The Morgan fingerprint density at radius 1 is 0.919 bits per heavy atom. The van der Waals surface area contributed by atoms with Crippen molar-refractivity contribution in [1.29, 1.82) is 0 Å². The van der Waals surface area contributed by atoms with Crippen LogP contribution in [0.4, 0.5) is 0 Å². The van der Waals surface area contributed by atoms with Gasteiger partial charge in [-0.1, -0.05) is 114 Å². The first kappa shape index (κ1) is 51.5. The lowest BCUT2D eigenvalue weighted by atomic mass is 9.88. The number of nitrogens with zero attached hydrogens (tertiary/aromatic N) is 2. The Morgan fingerprint density at radius 2 is 1.60 bits per heavy atom. The summed E-state index contributed by atoms with van der Waals surface area (Å²) >= 11 is 0. The van der Waals surface area contributed by atoms with Crippen LogP contribution in [0.15, 0.2) is 78.4 Å². The molecule has 2 fully saturated rings. The minimum atomic E-state index is -0.981. The first-order valence-corrected chi connectivity index (χ1v) is 22.6. The van der Waals surface area contributed by atoms with E-state index in [2.05, 4.69) is 16.1 Å². The Kier molecular flexibility index (Phi) is 22.6. The number of Topliss-reactive ketones (excluding diaryl/α,β-unsaturated/α-hetero) is 1. The third-order valence-corrected chi connectivity index (χ3v) is 12.0. The molecule has 13 heteroatoms. The molecule has 2 aliphatic rings. The molecule has 0 bridgehead atoms. The zero-order valence-electron chi connectivity index (χ0n) is 38.1. The van der Waals surface area contributed by atoms with Gasteiger partial charge < -0.3 is 30.2 Å². The summed E-state index contributed by atoms with van der Waals surface area (Å²) in [4.78, 5) is 78.9. The molecule has 62 heavy (non-hydrogen) atoms. The van der Waals surface area contributed by atoms with Gasteiger partial charge in [0.2, 0.25) is 18.2 Å². The summed E-state index contributed by atoms with van der Waals surface area (Å²) in [6.07, 6.45) is 20.6. The fourth-order valence-electron chi connectivity index (χ4n) is 7.92. The van der Waals surface area contributed by atoms with Crippen LogP contribution in [0.25, 0.3) is 0 Å². The Labute approximate surface area is 369 Å². The van der Waals surface area contributed by atoms with Crippen LogP contribution >= 0.6 is 0 Å². The van der Waals surface area contributed by atoms with E-state index in [1.165, 1.54) is 11.4 Å². The molecule has 1 aromatic rings. The van der Waals surface area contributed by atoms with Crippen molar-refractivity contribution < 1.29 is 38.6 Å². The standard InChI is InChI=1S/C49H73N5O8/c1-34(2)45(50-33-55)47(59)51-42(32-39-22-13-10-14-23-39)48(60)54-31-19-26-41(52-54)49(61)62-43(35(3)21-18-28-44(57)53(7)40-24-15-11-16-25-40)27-17-9-8-12-20-36(4)46(58)37(5)29-30-38(6)56/h8-10,12-14,17-18,21-23,28,33-34,36-37,40-43,45-46,52,58H,11,15-16,19-20,24-27,29-32H2,1-7H3,(H,50,55)(H,51,59)/b12-8+,17-9+,28-18+,35-21+/t36?,37?,41?,42?,43-,45?,46?/m0/s1. The maximum Gasteiger partial charge on any atom is 0.325 e. The quantitative estimate of drug-likeness (QED) is 0.0416. The van der Waals surface area contributed by atoms with Gasteiger partial charge in [-0.25, -0.2) is 5.43 Å². The summed E-state index contributed by atoms with van der Waals surface area (Å²) in [6.45, 7) is 11.3. The molecule has 1 heterocycles. The predicted molar refractivity (Wildman–Crippen MR) is 242 cm³/mol. The van der Waals surface area contributed by atoms with Crippen LogP contribution in [0, 0.1) is 17.8 Å². The maximum atomic E-state index is 14.1. The number of likely N-dealkylation sites (N-methyl/N-ethyl adjacent to an activating group) is 1. The van der Waals surface area contributed by atoms with Crippen LogP contribution in [-0.2, 0) is 39.9 Å². The number of rotatable bonds is 24. The molecule has 4 N–H and O–H groups in total. The minimum absolute atomic E-state index is 0.00269. The third-order valence-electron chi connectivity index (χ3n) is 12.0. The second kappa shape index (κ2) is 27.2. The van der Waals surface area contributed by atoms with Crippen molar-refractivity contribution >= 4 is 35.9 Å². The van der Waals surface area contributed by atoms with Gasteiger partial charge in [-0.3, -0.25) is 29.0 Å². The highest BCUT2D eigenvalue weighted by Crippen LogP contribution is 2.23. The number of benzene rings is 1. The number of esters is 1. The van der Waals surface area contributed by atoms with Gasteiger partial charge in [-0.2, -0.15) is 0 Å². The van der Waals surface area contributed by atoms with E-state index in [-0.39, 0.29) is 41.9 Å². The molecule has 7 atom stereocenters. The van der Waals surface area contributed by atoms with E-state index in [4.69, 9.17) is 4.74 Å². The molecule has 0 spiro atoms. The van der Waals surface area contributed by atoms with Crippen molar-refractivity contribution in [2.45, 2.75) is 155 Å². The number of carbonyl (C=O) groups excluding carboxylic acids is 6. The molecular weight excluding hydrogens is 787 g/mol. The molecule has 4 amide bonds. The molecule has 3 rings (SSSR count). The van der Waals surface area contributed by atoms with Crippen molar-refractivity contribution in [2.24, 2.45) is 17.8 Å². The van der Waals surface area contributed by atoms with Crippen molar-refractivity contribution in [2.75, 3.05) is 13.6 Å². The predicted octanol–water partition coefficient (Wildman–Crippen LogP) is 6.08. The zero-order valence-corrected chi connectivity index (χ0v) is 38.1. The van der Waals surface area contributed by atoms with E-state index >= 15 is 0 Å². The summed E-state index contributed by atoms with van der Waals surface area (Å²) < 4.78 is 6.15. The lowest BCUT2D eigenvalue weighted by Gasteiger charge is -2.36. The van der Waals surface area contributed by atoms with Gasteiger partial charge in [0.05, 0.1) is 6.10 Å². The van der Waals surface area contributed by atoms with Gasteiger partial charge in [0.1, 0.15) is 30.0 Å². The fraction of sp³-hybridized carbons (Fsp3) is 0.592. The maximum absolute atomic E-state index is 14.1. The van der Waals surface area contributed by atoms with E-state index in [9.17, 15) is 33.9 Å². The van der Waals surface area contributed by atoms with Crippen molar-refractivity contribution in [3.63, 3.8) is 0 Å². The Morgan fingerprint density at radius 3 is 2.24 bits per heavy atom. The minimum Gasteiger partial charge on any atom is -0.456 e. The van der Waals surface area contributed by atoms with E-state index in [1.807, 2.05) is 82.5 Å². The molecule has 6 unspecified atom stereocenters. The molecule has 13 nitrogen and oxygen atoms in total. The molecule has 1 aliphatic heterocycles. The highest BCUT2D eigenvalue weighted by molar-refractivity contribution is 5.91. The normalized spacial score (nSPS) is 19.5. The molecular formula is C49H73N5O8. The number of nitrogens with one attached hydrogen (secondary N) is 3. The highest BCUT2D eigenvalue weighted by atomic mass is 16.5.